The number of rotatable bonds is 5. The highest BCUT2D eigenvalue weighted by Crippen LogP contribution is 2.39. The van der Waals surface area contributed by atoms with E-state index < -0.39 is 47.9 Å². The van der Waals surface area contributed by atoms with Crippen molar-refractivity contribution in [1.82, 2.24) is 0 Å². The van der Waals surface area contributed by atoms with Crippen LogP contribution >= 0.6 is 0 Å². The normalized spacial score (nSPS) is 34.1. The Balaban J connectivity index is 2.26. The fraction of sp³-hybridized carbons (Fsp3) is 0.875. The van der Waals surface area contributed by atoms with E-state index in [1.54, 1.807) is 41.5 Å². The number of hydrogen-bond acceptors (Lipinski definition) is 8. The number of hydrogen-bond donors (Lipinski definition) is 0. The summed E-state index contributed by atoms with van der Waals surface area (Å²) in [4.78, 5) is 24.4. The van der Waals surface area contributed by atoms with Crippen LogP contribution in [-0.2, 0) is 38.0 Å². The third kappa shape index (κ3) is 4.05. The van der Waals surface area contributed by atoms with Crippen LogP contribution in [0, 0.1) is 0 Å². The zero-order valence-electron chi connectivity index (χ0n) is 15.0. The lowest BCUT2D eigenvalue weighted by molar-refractivity contribution is -0.177. The maximum Gasteiger partial charge on any atom is 0.338 e. The van der Waals surface area contributed by atoms with Gasteiger partial charge in [0.25, 0.3) is 0 Å². The van der Waals surface area contributed by atoms with Gasteiger partial charge in [-0.2, -0.15) is 0 Å². The minimum atomic E-state index is -1.02. The lowest BCUT2D eigenvalue weighted by atomic mass is 10.0. The van der Waals surface area contributed by atoms with Crippen molar-refractivity contribution in [2.75, 3.05) is 13.2 Å². The predicted molar refractivity (Wildman–Crippen MR) is 80.9 cm³/mol. The number of esters is 2. The largest absolute Gasteiger partial charge is 0.464 e. The third-order valence-electron chi connectivity index (χ3n) is 3.62. The second kappa shape index (κ2) is 6.95. The molecule has 2 aliphatic heterocycles. The van der Waals surface area contributed by atoms with Crippen LogP contribution in [0.4, 0.5) is 0 Å². The molecule has 24 heavy (non-hydrogen) atoms. The molecular weight excluding hydrogens is 320 g/mol. The molecule has 4 atom stereocenters. The van der Waals surface area contributed by atoms with E-state index in [0.717, 1.165) is 0 Å². The lowest BCUT2D eigenvalue weighted by Crippen LogP contribution is -2.48. The van der Waals surface area contributed by atoms with Gasteiger partial charge in [-0.1, -0.05) is 0 Å². The van der Waals surface area contributed by atoms with Gasteiger partial charge in [-0.05, 0) is 41.5 Å². The highest BCUT2D eigenvalue weighted by atomic mass is 16.8. The maximum absolute atomic E-state index is 12.2. The summed E-state index contributed by atoms with van der Waals surface area (Å²) < 4.78 is 33.1. The molecule has 8 nitrogen and oxygen atoms in total. The quantitative estimate of drug-likeness (QED) is 0.685. The van der Waals surface area contributed by atoms with Gasteiger partial charge in [0.2, 0.25) is 0 Å². The predicted octanol–water partition coefficient (Wildman–Crippen LogP) is 1.15. The molecular formula is C16H26O8. The van der Waals surface area contributed by atoms with Crippen molar-refractivity contribution in [3.63, 3.8) is 0 Å². The summed E-state index contributed by atoms with van der Waals surface area (Å²) >= 11 is 0. The van der Waals surface area contributed by atoms with Gasteiger partial charge in [0, 0.05) is 0 Å². The molecule has 1 unspecified atom stereocenters. The Kier molecular flexibility index (Phi) is 5.54. The first-order chi connectivity index (χ1) is 11.1. The molecule has 2 heterocycles. The SMILES string of the molecule is CCOC(=O)[C@H]1OC(C)(C)O[C@@H]1C1OC(C)(C)O[C@H]1C(=O)OCC. The van der Waals surface area contributed by atoms with Crippen LogP contribution in [0.2, 0.25) is 0 Å². The van der Waals surface area contributed by atoms with E-state index in [1.165, 1.54) is 0 Å². The molecule has 0 spiro atoms. The molecule has 0 radical (unpaired) electrons. The van der Waals surface area contributed by atoms with E-state index in [0.29, 0.717) is 0 Å². The summed E-state index contributed by atoms with van der Waals surface area (Å²) in [6.45, 7) is 10.5. The Morgan fingerprint density at radius 1 is 0.750 bits per heavy atom. The van der Waals surface area contributed by atoms with E-state index in [4.69, 9.17) is 28.4 Å². The highest BCUT2D eigenvalue weighted by Gasteiger charge is 2.58. The average molecular weight is 346 g/mol. The third-order valence-corrected chi connectivity index (χ3v) is 3.62. The van der Waals surface area contributed by atoms with Crippen LogP contribution in [0.5, 0.6) is 0 Å². The van der Waals surface area contributed by atoms with Gasteiger partial charge in [0.05, 0.1) is 13.2 Å². The summed E-state index contributed by atoms with van der Waals surface area (Å²) in [7, 11) is 0. The fourth-order valence-electron chi connectivity index (χ4n) is 2.87. The van der Waals surface area contributed by atoms with Gasteiger partial charge in [-0.25, -0.2) is 9.59 Å². The Morgan fingerprint density at radius 3 is 1.38 bits per heavy atom. The summed E-state index contributed by atoms with van der Waals surface area (Å²) in [5.74, 6) is -3.16. The summed E-state index contributed by atoms with van der Waals surface area (Å²) in [6, 6.07) is 0. The first-order valence-electron chi connectivity index (χ1n) is 8.14. The van der Waals surface area contributed by atoms with Gasteiger partial charge in [-0.3, -0.25) is 0 Å². The molecule has 0 aromatic heterocycles. The van der Waals surface area contributed by atoms with Gasteiger partial charge in [0.15, 0.2) is 23.8 Å². The van der Waals surface area contributed by atoms with Crippen LogP contribution in [-0.4, -0.2) is 61.1 Å². The van der Waals surface area contributed by atoms with Crippen molar-refractivity contribution in [3.05, 3.63) is 0 Å². The van der Waals surface area contributed by atoms with Gasteiger partial charge < -0.3 is 28.4 Å². The van der Waals surface area contributed by atoms with E-state index in [1.807, 2.05) is 0 Å². The molecule has 0 bridgehead atoms. The molecule has 2 rings (SSSR count). The Labute approximate surface area is 141 Å². The average Bonchev–Trinajstić information content (AvgIpc) is 2.95. The zero-order chi connectivity index (χ0) is 18.1. The molecule has 138 valence electrons. The lowest BCUT2D eigenvalue weighted by Gasteiger charge is -2.24. The fourth-order valence-corrected chi connectivity index (χ4v) is 2.87. The zero-order valence-corrected chi connectivity index (χ0v) is 15.0. The second-order valence-corrected chi connectivity index (χ2v) is 6.55. The van der Waals surface area contributed by atoms with Crippen LogP contribution < -0.4 is 0 Å². The van der Waals surface area contributed by atoms with Gasteiger partial charge in [0.1, 0.15) is 12.2 Å². The number of carbonyl (C=O) groups is 2. The first kappa shape index (κ1) is 19.1. The smallest absolute Gasteiger partial charge is 0.338 e. The standard InChI is InChI=1S/C16H26O8/c1-7-19-13(17)11-9(21-15(3,4)23-11)10-12(14(18)20-8-2)24-16(5,6)22-10/h9-12H,7-8H2,1-6H3/t9-,10?,11+,12-/m1/s1. The minimum Gasteiger partial charge on any atom is -0.464 e. The minimum absolute atomic E-state index is 0.209. The summed E-state index contributed by atoms with van der Waals surface area (Å²) in [5.41, 5.74) is 0. The molecule has 0 amide bonds. The van der Waals surface area contributed by atoms with E-state index >= 15 is 0 Å². The summed E-state index contributed by atoms with van der Waals surface area (Å²) in [5, 5.41) is 0. The van der Waals surface area contributed by atoms with Crippen molar-refractivity contribution in [3.8, 4) is 0 Å². The molecule has 0 aromatic rings. The molecule has 2 fully saturated rings. The van der Waals surface area contributed by atoms with Crippen molar-refractivity contribution in [1.29, 1.82) is 0 Å². The molecule has 0 saturated carbocycles. The van der Waals surface area contributed by atoms with E-state index in [2.05, 4.69) is 0 Å². The second-order valence-electron chi connectivity index (χ2n) is 6.55. The molecule has 2 saturated heterocycles. The van der Waals surface area contributed by atoms with Gasteiger partial charge >= 0.3 is 11.9 Å². The van der Waals surface area contributed by atoms with Crippen molar-refractivity contribution >= 4 is 11.9 Å². The Hall–Kier alpha value is -1.22. The van der Waals surface area contributed by atoms with Crippen molar-refractivity contribution in [2.45, 2.75) is 77.5 Å². The monoisotopic (exact) mass is 346 g/mol. The molecule has 8 heteroatoms. The molecule has 0 aromatic carbocycles. The number of ether oxygens (including phenoxy) is 6. The van der Waals surface area contributed by atoms with E-state index in [9.17, 15) is 9.59 Å². The van der Waals surface area contributed by atoms with Crippen molar-refractivity contribution in [2.24, 2.45) is 0 Å². The topological polar surface area (TPSA) is 89.5 Å². The highest BCUT2D eigenvalue weighted by molar-refractivity contribution is 5.78. The maximum atomic E-state index is 12.2. The Morgan fingerprint density at radius 2 is 1.08 bits per heavy atom. The van der Waals surface area contributed by atoms with Crippen LogP contribution in [0.1, 0.15) is 41.5 Å². The van der Waals surface area contributed by atoms with Crippen LogP contribution in [0.3, 0.4) is 0 Å². The first-order valence-corrected chi connectivity index (χ1v) is 8.14. The van der Waals surface area contributed by atoms with Crippen LogP contribution in [0.15, 0.2) is 0 Å². The van der Waals surface area contributed by atoms with E-state index in [-0.39, 0.29) is 13.2 Å². The van der Waals surface area contributed by atoms with Crippen molar-refractivity contribution < 1.29 is 38.0 Å². The number of carbonyl (C=O) groups excluding carboxylic acids is 2. The summed E-state index contributed by atoms with van der Waals surface area (Å²) in [6.07, 6.45) is -3.73. The molecule has 2 aliphatic rings. The Bertz CT molecular complexity index is 442. The van der Waals surface area contributed by atoms with Crippen LogP contribution in [0.25, 0.3) is 0 Å². The molecule has 0 aliphatic carbocycles. The van der Waals surface area contributed by atoms with Gasteiger partial charge in [-0.15, -0.1) is 0 Å². The molecule has 0 N–H and O–H groups in total.